The summed E-state index contributed by atoms with van der Waals surface area (Å²) in [4.78, 5) is 12.7. The lowest BCUT2D eigenvalue weighted by molar-refractivity contribution is -0.143. The topological polar surface area (TPSA) is 38.3 Å². The molecule has 0 aliphatic rings. The maximum atomic E-state index is 13.0. The first-order valence-electron chi connectivity index (χ1n) is 8.28. The van der Waals surface area contributed by atoms with Crippen LogP contribution in [-0.4, -0.2) is 13.0 Å². The maximum absolute atomic E-state index is 13.0. The molecule has 3 aromatic carbocycles. The van der Waals surface area contributed by atoms with Crippen LogP contribution >= 0.6 is 15.9 Å². The SMILES string of the molecule is COc1c(C(=O)Nc2cc(C(F)(F)F)cc(C(F)(F)F)c2)cc2ccccc2c1Br. The average Bonchev–Trinajstić information content (AvgIpc) is 2.66. The molecule has 1 amide bonds. The minimum atomic E-state index is -5.02. The van der Waals surface area contributed by atoms with Crippen molar-refractivity contribution in [3.05, 3.63) is 69.7 Å². The van der Waals surface area contributed by atoms with Crippen LogP contribution in [0.3, 0.4) is 0 Å². The molecule has 0 unspecified atom stereocenters. The number of rotatable bonds is 3. The second-order valence-corrected chi connectivity index (χ2v) is 7.03. The van der Waals surface area contributed by atoms with Crippen LogP contribution in [-0.2, 0) is 12.4 Å². The Labute approximate surface area is 174 Å². The zero-order valence-corrected chi connectivity index (χ0v) is 16.7. The van der Waals surface area contributed by atoms with Crippen molar-refractivity contribution in [2.75, 3.05) is 12.4 Å². The van der Waals surface area contributed by atoms with Crippen LogP contribution in [0.2, 0.25) is 0 Å². The molecular weight excluding hydrogens is 480 g/mol. The average molecular weight is 492 g/mol. The van der Waals surface area contributed by atoms with Gasteiger partial charge in [-0.2, -0.15) is 26.3 Å². The Morgan fingerprint density at radius 2 is 1.50 bits per heavy atom. The molecule has 1 N–H and O–H groups in total. The van der Waals surface area contributed by atoms with Gasteiger partial charge in [0.15, 0.2) is 0 Å². The van der Waals surface area contributed by atoms with Gasteiger partial charge in [-0.3, -0.25) is 4.79 Å². The summed E-state index contributed by atoms with van der Waals surface area (Å²) < 4.78 is 83.9. The van der Waals surface area contributed by atoms with Crippen LogP contribution in [0.4, 0.5) is 32.0 Å². The third-order valence-corrected chi connectivity index (χ3v) is 5.02. The van der Waals surface area contributed by atoms with E-state index >= 15 is 0 Å². The Balaban J connectivity index is 2.08. The molecule has 0 spiro atoms. The molecular formula is C20H12BrF6NO2. The van der Waals surface area contributed by atoms with Crippen molar-refractivity contribution >= 4 is 38.3 Å². The Hall–Kier alpha value is -2.75. The van der Waals surface area contributed by atoms with E-state index < -0.39 is 35.1 Å². The van der Waals surface area contributed by atoms with Crippen molar-refractivity contribution in [2.24, 2.45) is 0 Å². The number of benzene rings is 3. The first kappa shape index (κ1) is 21.9. The van der Waals surface area contributed by atoms with Crippen LogP contribution in [0.25, 0.3) is 10.8 Å². The summed E-state index contributed by atoms with van der Waals surface area (Å²) in [5, 5.41) is 3.44. The van der Waals surface area contributed by atoms with Crippen molar-refractivity contribution in [2.45, 2.75) is 12.4 Å². The summed E-state index contributed by atoms with van der Waals surface area (Å²) >= 11 is 3.32. The van der Waals surface area contributed by atoms with Crippen molar-refractivity contribution in [3.63, 3.8) is 0 Å². The number of methoxy groups -OCH3 is 1. The van der Waals surface area contributed by atoms with Gasteiger partial charge in [0.1, 0.15) is 5.75 Å². The molecule has 0 saturated heterocycles. The van der Waals surface area contributed by atoms with E-state index in [2.05, 4.69) is 21.2 Å². The second-order valence-electron chi connectivity index (χ2n) is 6.24. The second kappa shape index (κ2) is 7.82. The van der Waals surface area contributed by atoms with Gasteiger partial charge in [0.25, 0.3) is 5.91 Å². The van der Waals surface area contributed by atoms with Gasteiger partial charge in [-0.05, 0) is 51.0 Å². The van der Waals surface area contributed by atoms with Crippen LogP contribution in [0, 0.1) is 0 Å². The Morgan fingerprint density at radius 3 is 2.03 bits per heavy atom. The van der Waals surface area contributed by atoms with Gasteiger partial charge in [0.05, 0.1) is 28.3 Å². The summed E-state index contributed by atoms with van der Waals surface area (Å²) in [5.74, 6) is -0.833. The molecule has 0 heterocycles. The molecule has 0 fully saturated rings. The summed E-state index contributed by atoms with van der Waals surface area (Å²) in [7, 11) is 1.29. The van der Waals surface area contributed by atoms with Crippen LogP contribution in [0.1, 0.15) is 21.5 Å². The van der Waals surface area contributed by atoms with Crippen molar-refractivity contribution in [3.8, 4) is 5.75 Å². The number of anilines is 1. The molecule has 3 nitrogen and oxygen atoms in total. The lowest BCUT2D eigenvalue weighted by Crippen LogP contribution is -2.16. The summed E-state index contributed by atoms with van der Waals surface area (Å²) in [5.41, 5.74) is -3.76. The zero-order chi connectivity index (χ0) is 22.3. The normalized spacial score (nSPS) is 12.1. The number of nitrogens with one attached hydrogen (secondary N) is 1. The van der Waals surface area contributed by atoms with Gasteiger partial charge in [0.2, 0.25) is 0 Å². The lowest BCUT2D eigenvalue weighted by atomic mass is 10.0. The lowest BCUT2D eigenvalue weighted by Gasteiger charge is -2.16. The van der Waals surface area contributed by atoms with E-state index in [0.29, 0.717) is 27.4 Å². The van der Waals surface area contributed by atoms with Gasteiger partial charge < -0.3 is 10.1 Å². The van der Waals surface area contributed by atoms with Crippen molar-refractivity contribution in [1.29, 1.82) is 0 Å². The fourth-order valence-electron chi connectivity index (χ4n) is 2.88. The first-order chi connectivity index (χ1) is 13.9. The minimum Gasteiger partial charge on any atom is -0.495 e. The number of alkyl halides is 6. The molecule has 3 rings (SSSR count). The van der Waals surface area contributed by atoms with Crippen LogP contribution in [0.15, 0.2) is 53.0 Å². The third kappa shape index (κ3) is 4.38. The van der Waals surface area contributed by atoms with Gasteiger partial charge >= 0.3 is 12.4 Å². The van der Waals surface area contributed by atoms with E-state index in [1.165, 1.54) is 13.2 Å². The standard InChI is InChI=1S/C20H12BrF6NO2/c1-30-17-15(6-10-4-2-3-5-14(10)16(17)21)18(29)28-13-8-11(19(22,23)24)7-12(9-13)20(25,26)27/h2-9H,1H3,(H,28,29). The van der Waals surface area contributed by atoms with Crippen LogP contribution in [0.5, 0.6) is 5.75 Å². The molecule has 0 aromatic heterocycles. The van der Waals surface area contributed by atoms with E-state index in [-0.39, 0.29) is 17.4 Å². The van der Waals surface area contributed by atoms with Gasteiger partial charge in [-0.15, -0.1) is 0 Å². The molecule has 30 heavy (non-hydrogen) atoms. The fourth-order valence-corrected chi connectivity index (χ4v) is 3.61. The smallest absolute Gasteiger partial charge is 0.416 e. The fraction of sp³-hybridized carbons (Fsp3) is 0.150. The van der Waals surface area contributed by atoms with Crippen molar-refractivity contribution < 1.29 is 35.9 Å². The Bertz CT molecular complexity index is 1090. The van der Waals surface area contributed by atoms with Gasteiger partial charge in [-0.25, -0.2) is 0 Å². The highest BCUT2D eigenvalue weighted by Crippen LogP contribution is 2.39. The van der Waals surface area contributed by atoms with Crippen molar-refractivity contribution in [1.82, 2.24) is 0 Å². The molecule has 3 aromatic rings. The maximum Gasteiger partial charge on any atom is 0.416 e. The molecule has 0 aliphatic carbocycles. The number of carbonyl (C=O) groups is 1. The summed E-state index contributed by atoms with van der Waals surface area (Å²) in [6.45, 7) is 0. The predicted molar refractivity (Wildman–Crippen MR) is 103 cm³/mol. The summed E-state index contributed by atoms with van der Waals surface area (Å²) in [6, 6.07) is 9.23. The molecule has 0 bridgehead atoms. The molecule has 0 saturated carbocycles. The van der Waals surface area contributed by atoms with E-state index in [4.69, 9.17) is 4.74 Å². The number of hydrogen-bond acceptors (Lipinski definition) is 2. The quantitative estimate of drug-likeness (QED) is 0.404. The first-order valence-corrected chi connectivity index (χ1v) is 9.07. The number of hydrogen-bond donors (Lipinski definition) is 1. The third-order valence-electron chi connectivity index (χ3n) is 4.24. The molecule has 0 atom stereocenters. The number of fused-ring (bicyclic) bond motifs is 1. The van der Waals surface area contributed by atoms with Gasteiger partial charge in [0, 0.05) is 5.69 Å². The highest BCUT2D eigenvalue weighted by atomic mass is 79.9. The highest BCUT2D eigenvalue weighted by molar-refractivity contribution is 9.10. The highest BCUT2D eigenvalue weighted by Gasteiger charge is 2.37. The number of carbonyl (C=O) groups excluding carboxylic acids is 1. The number of halogens is 7. The molecule has 10 heteroatoms. The van der Waals surface area contributed by atoms with E-state index in [1.807, 2.05) is 0 Å². The largest absolute Gasteiger partial charge is 0.495 e. The van der Waals surface area contributed by atoms with Gasteiger partial charge in [-0.1, -0.05) is 24.3 Å². The predicted octanol–water partition coefficient (Wildman–Crippen LogP) is 6.90. The molecule has 0 aliphatic heterocycles. The van der Waals surface area contributed by atoms with E-state index in [1.54, 1.807) is 24.3 Å². The van der Waals surface area contributed by atoms with E-state index in [0.717, 1.165) is 0 Å². The monoisotopic (exact) mass is 491 g/mol. The summed E-state index contributed by atoms with van der Waals surface area (Å²) in [6.07, 6.45) is -10.0. The van der Waals surface area contributed by atoms with Crippen LogP contribution < -0.4 is 10.1 Å². The molecule has 0 radical (unpaired) electrons. The minimum absolute atomic E-state index is 0.0111. The number of amides is 1. The number of ether oxygens (including phenoxy) is 1. The molecule has 158 valence electrons. The zero-order valence-electron chi connectivity index (χ0n) is 15.1. The Morgan fingerprint density at radius 1 is 0.933 bits per heavy atom. The van der Waals surface area contributed by atoms with E-state index in [9.17, 15) is 31.1 Å². The Kier molecular flexibility index (Phi) is 5.72.